The zero-order valence-corrected chi connectivity index (χ0v) is 24.0. The van der Waals surface area contributed by atoms with Gasteiger partial charge in [-0.2, -0.15) is 5.10 Å². The topological polar surface area (TPSA) is 83.4 Å². The van der Waals surface area contributed by atoms with E-state index in [0.717, 1.165) is 60.6 Å². The molecule has 0 aliphatic carbocycles. The molecule has 0 fully saturated rings. The standard InChI is InChI=1S/C30H39ClN6O2/c1-22-29(31)23(2)37(34-22)17-14-33-30(39)26-11-12-28-27(18-26)21-35(20-25-10-9-13-32-19-25)15-7-5-4-6-8-16-36(28)24(3)38/h9-13,18-19H,4-8,14-17,20-21H2,1-3H3,(H,33,39). The van der Waals surface area contributed by atoms with Crippen molar-refractivity contribution in [2.75, 3.05) is 24.5 Å². The third-order valence-corrected chi connectivity index (χ3v) is 7.84. The third kappa shape index (κ3) is 7.67. The Morgan fingerprint density at radius 2 is 1.82 bits per heavy atom. The Bertz CT molecular complexity index is 1280. The summed E-state index contributed by atoms with van der Waals surface area (Å²) in [5.74, 6) is -0.127. The van der Waals surface area contributed by atoms with Gasteiger partial charge in [0.15, 0.2) is 0 Å². The molecule has 1 aromatic carbocycles. The number of rotatable bonds is 6. The van der Waals surface area contributed by atoms with Crippen LogP contribution >= 0.6 is 11.6 Å². The highest BCUT2D eigenvalue weighted by atomic mass is 35.5. The van der Waals surface area contributed by atoms with Gasteiger partial charge in [0.2, 0.25) is 5.91 Å². The molecular formula is C30H39ClN6O2. The van der Waals surface area contributed by atoms with Crippen LogP contribution < -0.4 is 10.2 Å². The van der Waals surface area contributed by atoms with Crippen LogP contribution in [0.2, 0.25) is 5.02 Å². The molecule has 3 aromatic rings. The molecule has 0 saturated carbocycles. The second-order valence-corrected chi connectivity index (χ2v) is 10.7. The van der Waals surface area contributed by atoms with E-state index in [0.29, 0.717) is 36.8 Å². The van der Waals surface area contributed by atoms with E-state index in [1.165, 1.54) is 12.8 Å². The fourth-order valence-corrected chi connectivity index (χ4v) is 5.31. The van der Waals surface area contributed by atoms with Gasteiger partial charge in [-0.05, 0) is 68.6 Å². The third-order valence-electron chi connectivity index (χ3n) is 7.29. The van der Waals surface area contributed by atoms with Gasteiger partial charge in [0.25, 0.3) is 5.91 Å². The Kier molecular flexibility index (Phi) is 10.1. The molecule has 39 heavy (non-hydrogen) atoms. The minimum absolute atomic E-state index is 0.0212. The van der Waals surface area contributed by atoms with Gasteiger partial charge < -0.3 is 10.2 Å². The van der Waals surface area contributed by atoms with Gasteiger partial charge in [0, 0.05) is 56.7 Å². The number of hydrogen-bond donors (Lipinski definition) is 1. The second-order valence-electron chi connectivity index (χ2n) is 10.3. The summed E-state index contributed by atoms with van der Waals surface area (Å²) in [7, 11) is 0. The molecule has 2 amide bonds. The summed E-state index contributed by atoms with van der Waals surface area (Å²) in [6.45, 7) is 9.40. The van der Waals surface area contributed by atoms with Crippen molar-refractivity contribution in [1.29, 1.82) is 0 Å². The summed E-state index contributed by atoms with van der Waals surface area (Å²) >= 11 is 6.26. The average Bonchev–Trinajstić information content (AvgIpc) is 3.16. The number of nitrogens with zero attached hydrogens (tertiary/aromatic N) is 5. The van der Waals surface area contributed by atoms with Crippen molar-refractivity contribution < 1.29 is 9.59 Å². The lowest BCUT2D eigenvalue weighted by molar-refractivity contribution is -0.116. The number of carbonyl (C=O) groups excluding carboxylic acids is 2. The van der Waals surface area contributed by atoms with E-state index in [4.69, 9.17) is 11.6 Å². The summed E-state index contributed by atoms with van der Waals surface area (Å²) in [6, 6.07) is 9.75. The maximum Gasteiger partial charge on any atom is 0.251 e. The summed E-state index contributed by atoms with van der Waals surface area (Å²) < 4.78 is 1.82. The van der Waals surface area contributed by atoms with E-state index in [-0.39, 0.29) is 11.8 Å². The van der Waals surface area contributed by atoms with E-state index in [1.807, 2.05) is 53.9 Å². The first-order chi connectivity index (χ1) is 18.8. The molecule has 208 valence electrons. The Hall–Kier alpha value is -3.23. The molecule has 1 aliphatic heterocycles. The van der Waals surface area contributed by atoms with Crippen molar-refractivity contribution in [2.24, 2.45) is 0 Å². The van der Waals surface area contributed by atoms with Crippen LogP contribution in [-0.2, 0) is 24.4 Å². The van der Waals surface area contributed by atoms with E-state index in [2.05, 4.69) is 26.4 Å². The van der Waals surface area contributed by atoms with Gasteiger partial charge in [-0.3, -0.25) is 24.2 Å². The van der Waals surface area contributed by atoms with E-state index >= 15 is 0 Å². The Labute approximate surface area is 236 Å². The molecule has 4 rings (SSSR count). The number of aromatic nitrogens is 3. The quantitative estimate of drug-likeness (QED) is 0.450. The molecular weight excluding hydrogens is 512 g/mol. The van der Waals surface area contributed by atoms with Crippen molar-refractivity contribution in [2.45, 2.75) is 72.5 Å². The monoisotopic (exact) mass is 550 g/mol. The number of halogens is 1. The smallest absolute Gasteiger partial charge is 0.251 e. The number of nitrogens with one attached hydrogen (secondary N) is 1. The van der Waals surface area contributed by atoms with Gasteiger partial charge in [-0.15, -0.1) is 0 Å². The first-order valence-electron chi connectivity index (χ1n) is 13.8. The highest BCUT2D eigenvalue weighted by molar-refractivity contribution is 6.31. The number of pyridine rings is 1. The lowest BCUT2D eigenvalue weighted by atomic mass is 10.0. The maximum absolute atomic E-state index is 13.2. The summed E-state index contributed by atoms with van der Waals surface area (Å²) in [5, 5.41) is 8.12. The van der Waals surface area contributed by atoms with Crippen molar-refractivity contribution in [3.05, 3.63) is 75.8 Å². The van der Waals surface area contributed by atoms with E-state index < -0.39 is 0 Å². The number of anilines is 1. The molecule has 0 saturated heterocycles. The van der Waals surface area contributed by atoms with Gasteiger partial charge in [-0.1, -0.05) is 36.9 Å². The predicted molar refractivity (Wildman–Crippen MR) is 155 cm³/mol. The van der Waals surface area contributed by atoms with Crippen molar-refractivity contribution in [1.82, 2.24) is 25.0 Å². The first-order valence-corrected chi connectivity index (χ1v) is 14.2. The minimum atomic E-state index is -0.148. The Balaban J connectivity index is 1.57. The van der Waals surface area contributed by atoms with Gasteiger partial charge >= 0.3 is 0 Å². The number of hydrogen-bond acceptors (Lipinski definition) is 5. The Morgan fingerprint density at radius 3 is 2.51 bits per heavy atom. The SMILES string of the molecule is CC(=O)N1CCCCCCCN(Cc2cccnc2)Cc2cc(C(=O)NCCn3nc(C)c(Cl)c3C)ccc21. The van der Waals surface area contributed by atoms with Crippen LogP contribution in [0.1, 0.15) is 71.9 Å². The molecule has 0 radical (unpaired) electrons. The largest absolute Gasteiger partial charge is 0.350 e. The van der Waals surface area contributed by atoms with Crippen LogP contribution in [0.3, 0.4) is 0 Å². The number of carbonyl (C=O) groups is 2. The minimum Gasteiger partial charge on any atom is -0.350 e. The molecule has 0 unspecified atom stereocenters. The number of aryl methyl sites for hydroxylation is 1. The van der Waals surface area contributed by atoms with Crippen LogP contribution in [0.5, 0.6) is 0 Å². The predicted octanol–water partition coefficient (Wildman–Crippen LogP) is 5.30. The van der Waals surface area contributed by atoms with Crippen LogP contribution in [0.15, 0.2) is 42.7 Å². The van der Waals surface area contributed by atoms with E-state index in [9.17, 15) is 9.59 Å². The van der Waals surface area contributed by atoms with Crippen molar-refractivity contribution >= 4 is 29.1 Å². The van der Waals surface area contributed by atoms with Crippen LogP contribution in [0, 0.1) is 13.8 Å². The fraction of sp³-hybridized carbons (Fsp3) is 0.467. The zero-order chi connectivity index (χ0) is 27.8. The van der Waals surface area contributed by atoms with Crippen LogP contribution in [-0.4, -0.2) is 51.1 Å². The molecule has 2 aromatic heterocycles. The van der Waals surface area contributed by atoms with Crippen molar-refractivity contribution in [3.63, 3.8) is 0 Å². The number of fused-ring (bicyclic) bond motifs is 1. The molecule has 0 spiro atoms. The lowest BCUT2D eigenvalue weighted by Gasteiger charge is -2.29. The molecule has 8 nitrogen and oxygen atoms in total. The highest BCUT2D eigenvalue weighted by Crippen LogP contribution is 2.27. The molecule has 9 heteroatoms. The molecule has 3 heterocycles. The Morgan fingerprint density at radius 1 is 1.05 bits per heavy atom. The normalized spacial score (nSPS) is 15.2. The van der Waals surface area contributed by atoms with Gasteiger partial charge in [0.05, 0.1) is 23.0 Å². The van der Waals surface area contributed by atoms with Crippen LogP contribution in [0.4, 0.5) is 5.69 Å². The zero-order valence-electron chi connectivity index (χ0n) is 23.3. The number of amides is 2. The van der Waals surface area contributed by atoms with Crippen molar-refractivity contribution in [3.8, 4) is 0 Å². The lowest BCUT2D eigenvalue weighted by Crippen LogP contribution is -2.33. The molecule has 1 aliphatic rings. The fourth-order valence-electron chi connectivity index (χ4n) is 5.17. The highest BCUT2D eigenvalue weighted by Gasteiger charge is 2.20. The summed E-state index contributed by atoms with van der Waals surface area (Å²) in [4.78, 5) is 34.4. The van der Waals surface area contributed by atoms with Crippen LogP contribution in [0.25, 0.3) is 0 Å². The molecule has 0 bridgehead atoms. The average molecular weight is 551 g/mol. The van der Waals surface area contributed by atoms with Gasteiger partial charge in [0.1, 0.15) is 0 Å². The molecule has 0 atom stereocenters. The summed E-state index contributed by atoms with van der Waals surface area (Å²) in [6.07, 6.45) is 9.21. The second kappa shape index (κ2) is 13.7. The maximum atomic E-state index is 13.2. The summed E-state index contributed by atoms with van der Waals surface area (Å²) in [5.41, 5.74) is 5.26. The van der Waals surface area contributed by atoms with Gasteiger partial charge in [-0.25, -0.2) is 0 Å². The molecule has 1 N–H and O–H groups in total. The van der Waals surface area contributed by atoms with E-state index in [1.54, 1.807) is 13.1 Å². The first kappa shape index (κ1) is 28.8. The number of benzene rings is 1.